The Morgan fingerprint density at radius 3 is 2.63 bits per heavy atom. The maximum atomic E-state index is 12.7. The Labute approximate surface area is 109 Å². The highest BCUT2D eigenvalue weighted by molar-refractivity contribution is 5.82. The van der Waals surface area contributed by atoms with Crippen molar-refractivity contribution in [3.63, 3.8) is 0 Å². The van der Waals surface area contributed by atoms with Crippen molar-refractivity contribution in [2.75, 3.05) is 6.61 Å². The molecule has 0 amide bonds. The summed E-state index contributed by atoms with van der Waals surface area (Å²) < 4.78 is 43.3. The zero-order valence-electron chi connectivity index (χ0n) is 10.4. The minimum Gasteiger partial charge on any atom is -0.493 e. The lowest BCUT2D eigenvalue weighted by atomic mass is 10.0. The Balaban J connectivity index is 1.94. The van der Waals surface area contributed by atoms with Gasteiger partial charge in [0.1, 0.15) is 11.5 Å². The van der Waals surface area contributed by atoms with Crippen molar-refractivity contribution in [3.8, 4) is 5.75 Å². The van der Waals surface area contributed by atoms with Crippen LogP contribution in [0.1, 0.15) is 31.2 Å². The first-order chi connectivity index (χ1) is 8.98. The third-order valence-electron chi connectivity index (χ3n) is 3.35. The lowest BCUT2D eigenvalue weighted by Crippen LogP contribution is -2.13. The molecule has 1 aromatic carbocycles. The molecular formula is C14H15F3O2. The first-order valence-electron chi connectivity index (χ1n) is 6.30. The summed E-state index contributed by atoms with van der Waals surface area (Å²) in [5, 5.41) is 0. The number of halogens is 3. The van der Waals surface area contributed by atoms with E-state index < -0.39 is 11.7 Å². The van der Waals surface area contributed by atoms with Crippen LogP contribution in [-0.4, -0.2) is 12.4 Å². The summed E-state index contributed by atoms with van der Waals surface area (Å²) in [5.41, 5.74) is -0.771. The molecule has 0 N–H and O–H groups in total. The third-order valence-corrected chi connectivity index (χ3v) is 3.35. The summed E-state index contributed by atoms with van der Waals surface area (Å²) in [7, 11) is 0. The van der Waals surface area contributed by atoms with E-state index in [4.69, 9.17) is 4.74 Å². The van der Waals surface area contributed by atoms with Crippen molar-refractivity contribution in [2.45, 2.75) is 31.9 Å². The first kappa shape index (κ1) is 13.9. The van der Waals surface area contributed by atoms with E-state index in [0.717, 1.165) is 18.9 Å². The van der Waals surface area contributed by atoms with Crippen molar-refractivity contribution in [2.24, 2.45) is 5.92 Å². The van der Waals surface area contributed by atoms with E-state index in [1.807, 2.05) is 0 Å². The summed E-state index contributed by atoms with van der Waals surface area (Å²) >= 11 is 0. The van der Waals surface area contributed by atoms with Gasteiger partial charge < -0.3 is 4.74 Å². The zero-order valence-corrected chi connectivity index (χ0v) is 10.4. The molecule has 0 radical (unpaired) electrons. The van der Waals surface area contributed by atoms with Crippen molar-refractivity contribution < 1.29 is 22.7 Å². The highest BCUT2D eigenvalue weighted by Gasteiger charge is 2.34. The van der Waals surface area contributed by atoms with Crippen molar-refractivity contribution in [1.29, 1.82) is 0 Å². The number of hydrogen-bond donors (Lipinski definition) is 0. The van der Waals surface area contributed by atoms with E-state index in [0.29, 0.717) is 12.8 Å². The topological polar surface area (TPSA) is 26.3 Å². The fourth-order valence-corrected chi connectivity index (χ4v) is 2.33. The Morgan fingerprint density at radius 2 is 2.00 bits per heavy atom. The quantitative estimate of drug-likeness (QED) is 0.832. The van der Waals surface area contributed by atoms with Crippen LogP contribution in [-0.2, 0) is 11.0 Å². The van der Waals surface area contributed by atoms with Crippen molar-refractivity contribution >= 4 is 5.78 Å². The molecule has 1 aromatic rings. The van der Waals surface area contributed by atoms with Crippen LogP contribution in [0.25, 0.3) is 0 Å². The number of rotatable bonds is 4. The monoisotopic (exact) mass is 272 g/mol. The molecule has 0 spiro atoms. The Kier molecular flexibility index (Phi) is 4.12. The second kappa shape index (κ2) is 5.63. The third kappa shape index (κ3) is 3.49. The number of benzene rings is 1. The Morgan fingerprint density at radius 1 is 1.26 bits per heavy atom. The Bertz CT molecular complexity index is 454. The van der Waals surface area contributed by atoms with Gasteiger partial charge in [-0.3, -0.25) is 4.79 Å². The second-order valence-electron chi connectivity index (χ2n) is 4.69. The molecule has 0 aromatic heterocycles. The zero-order chi connectivity index (χ0) is 13.9. The minimum absolute atomic E-state index is 0.0435. The molecule has 2 nitrogen and oxygen atoms in total. The van der Waals surface area contributed by atoms with E-state index >= 15 is 0 Å². The molecule has 1 unspecified atom stereocenters. The smallest absolute Gasteiger partial charge is 0.419 e. The summed E-state index contributed by atoms with van der Waals surface area (Å²) in [6, 6.07) is 5.14. The van der Waals surface area contributed by atoms with Crippen LogP contribution in [0.15, 0.2) is 24.3 Å². The second-order valence-corrected chi connectivity index (χ2v) is 4.69. The van der Waals surface area contributed by atoms with Crippen LogP contribution in [0.3, 0.4) is 0 Å². The van der Waals surface area contributed by atoms with Gasteiger partial charge in [0.25, 0.3) is 0 Å². The average molecular weight is 272 g/mol. The molecule has 1 aliphatic rings. The molecule has 0 bridgehead atoms. The Hall–Kier alpha value is -1.52. The molecule has 2 rings (SSSR count). The number of carbonyl (C=O) groups excluding carboxylic acids is 1. The van der Waals surface area contributed by atoms with E-state index in [1.165, 1.54) is 18.2 Å². The highest BCUT2D eigenvalue weighted by atomic mass is 19.4. The number of alkyl halides is 3. The van der Waals surface area contributed by atoms with Crippen molar-refractivity contribution in [1.82, 2.24) is 0 Å². The molecule has 104 valence electrons. The normalized spacial score (nSPS) is 19.7. The van der Waals surface area contributed by atoms with Gasteiger partial charge in [0.15, 0.2) is 0 Å². The van der Waals surface area contributed by atoms with Gasteiger partial charge >= 0.3 is 6.18 Å². The van der Waals surface area contributed by atoms with Gasteiger partial charge in [-0.1, -0.05) is 12.1 Å². The van der Waals surface area contributed by atoms with E-state index in [9.17, 15) is 18.0 Å². The number of ether oxygens (including phenoxy) is 1. The van der Waals surface area contributed by atoms with E-state index in [-0.39, 0.29) is 24.1 Å². The standard InChI is InChI=1S/C14H15F3O2/c15-14(16,17)11-5-1-2-7-13(11)19-9-8-10-4-3-6-12(10)18/h1-2,5,7,10H,3-4,6,8-9H2. The molecule has 1 aliphatic carbocycles. The lowest BCUT2D eigenvalue weighted by molar-refractivity contribution is -0.139. The van der Waals surface area contributed by atoms with Gasteiger partial charge in [0.2, 0.25) is 0 Å². The number of Topliss-reactive ketones (excluding diaryl/α,β-unsaturated/α-hetero) is 1. The van der Waals surface area contributed by atoms with Gasteiger partial charge in [-0.15, -0.1) is 0 Å². The molecule has 5 heteroatoms. The van der Waals surface area contributed by atoms with Crippen LogP contribution < -0.4 is 4.74 Å². The maximum absolute atomic E-state index is 12.7. The predicted octanol–water partition coefficient (Wildman–Crippen LogP) is 3.84. The minimum atomic E-state index is -4.42. The van der Waals surface area contributed by atoms with Crippen LogP contribution >= 0.6 is 0 Å². The molecule has 0 saturated heterocycles. The average Bonchev–Trinajstić information content (AvgIpc) is 2.75. The number of carbonyl (C=O) groups is 1. The first-order valence-corrected chi connectivity index (χ1v) is 6.30. The van der Waals surface area contributed by atoms with Gasteiger partial charge in [-0.25, -0.2) is 0 Å². The lowest BCUT2D eigenvalue weighted by Gasteiger charge is -2.14. The van der Waals surface area contributed by atoms with Crippen LogP contribution in [0.5, 0.6) is 5.75 Å². The molecule has 1 atom stereocenters. The van der Waals surface area contributed by atoms with Gasteiger partial charge in [0, 0.05) is 12.3 Å². The molecule has 0 aliphatic heterocycles. The van der Waals surface area contributed by atoms with Crippen LogP contribution in [0, 0.1) is 5.92 Å². The summed E-state index contributed by atoms with van der Waals surface area (Å²) in [6.07, 6.45) is -1.64. The largest absolute Gasteiger partial charge is 0.493 e. The fourth-order valence-electron chi connectivity index (χ4n) is 2.33. The summed E-state index contributed by atoms with van der Waals surface area (Å²) in [6.45, 7) is 0.142. The van der Waals surface area contributed by atoms with Crippen molar-refractivity contribution in [3.05, 3.63) is 29.8 Å². The summed E-state index contributed by atoms with van der Waals surface area (Å²) in [5.74, 6) is -0.00815. The van der Waals surface area contributed by atoms with Gasteiger partial charge in [-0.05, 0) is 31.4 Å². The molecule has 19 heavy (non-hydrogen) atoms. The maximum Gasteiger partial charge on any atom is 0.419 e. The van der Waals surface area contributed by atoms with Crippen LogP contribution in [0.2, 0.25) is 0 Å². The number of ketones is 1. The van der Waals surface area contributed by atoms with Gasteiger partial charge in [0.05, 0.1) is 12.2 Å². The van der Waals surface area contributed by atoms with E-state index in [2.05, 4.69) is 0 Å². The molecule has 1 saturated carbocycles. The van der Waals surface area contributed by atoms with Crippen LogP contribution in [0.4, 0.5) is 13.2 Å². The summed E-state index contributed by atoms with van der Waals surface area (Å²) in [4.78, 5) is 11.4. The van der Waals surface area contributed by atoms with Gasteiger partial charge in [-0.2, -0.15) is 13.2 Å². The predicted molar refractivity (Wildman–Crippen MR) is 63.9 cm³/mol. The molecule has 0 heterocycles. The molecular weight excluding hydrogens is 257 g/mol. The number of hydrogen-bond acceptors (Lipinski definition) is 2. The highest BCUT2D eigenvalue weighted by Crippen LogP contribution is 2.36. The number of para-hydroxylation sites is 1. The fraction of sp³-hybridized carbons (Fsp3) is 0.500. The SMILES string of the molecule is O=C1CCCC1CCOc1ccccc1C(F)(F)F. The molecule has 1 fully saturated rings. The van der Waals surface area contributed by atoms with E-state index in [1.54, 1.807) is 0 Å².